The van der Waals surface area contributed by atoms with Gasteiger partial charge in [0.25, 0.3) is 0 Å². The lowest BCUT2D eigenvalue weighted by Gasteiger charge is -1.91. The van der Waals surface area contributed by atoms with Crippen molar-refractivity contribution in [3.8, 4) is 0 Å². The summed E-state index contributed by atoms with van der Waals surface area (Å²) in [5.74, 6) is 0. The van der Waals surface area contributed by atoms with Crippen molar-refractivity contribution in [1.82, 2.24) is 15.3 Å². The molecule has 0 fully saturated rings. The number of rotatable bonds is 4. The fourth-order valence-electron chi connectivity index (χ4n) is 0.844. The molecule has 1 N–H and O–H groups in total. The molecular weight excluding hydrogens is 150 g/mol. The van der Waals surface area contributed by atoms with E-state index in [1.165, 1.54) is 6.33 Å². The second-order valence-electron chi connectivity index (χ2n) is 2.47. The maximum Gasteiger partial charge on any atom is 0.115 e. The van der Waals surface area contributed by atoms with Crippen LogP contribution in [0.2, 0.25) is 0 Å². The highest BCUT2D eigenvalue weighted by Crippen LogP contribution is 1.96. The second-order valence-corrected chi connectivity index (χ2v) is 2.47. The molecule has 3 nitrogen and oxygen atoms in total. The van der Waals surface area contributed by atoms with Crippen molar-refractivity contribution in [2.45, 2.75) is 6.42 Å². The summed E-state index contributed by atoms with van der Waals surface area (Å²) in [7, 11) is 1.94. The van der Waals surface area contributed by atoms with Gasteiger partial charge in [-0.15, -0.1) is 0 Å². The first-order valence-electron chi connectivity index (χ1n) is 3.99. The van der Waals surface area contributed by atoms with Crippen LogP contribution in [0.3, 0.4) is 0 Å². The molecule has 0 aliphatic heterocycles. The molecule has 1 aromatic rings. The number of hydrogen-bond acceptors (Lipinski definition) is 3. The van der Waals surface area contributed by atoms with Gasteiger partial charge >= 0.3 is 0 Å². The van der Waals surface area contributed by atoms with E-state index in [2.05, 4.69) is 21.4 Å². The van der Waals surface area contributed by atoms with Crippen LogP contribution >= 0.6 is 0 Å². The molecule has 0 aromatic carbocycles. The molecule has 64 valence electrons. The Kier molecular flexibility index (Phi) is 4.02. The van der Waals surface area contributed by atoms with Crippen molar-refractivity contribution in [2.24, 2.45) is 0 Å². The first-order chi connectivity index (χ1) is 5.93. The topological polar surface area (TPSA) is 37.8 Å². The lowest BCUT2D eigenvalue weighted by Crippen LogP contribution is -2.05. The first kappa shape index (κ1) is 8.87. The molecule has 0 atom stereocenters. The zero-order valence-electron chi connectivity index (χ0n) is 7.20. The monoisotopic (exact) mass is 163 g/mol. The summed E-state index contributed by atoms with van der Waals surface area (Å²) in [6.07, 6.45) is 10.3. The van der Waals surface area contributed by atoms with Gasteiger partial charge in [-0.1, -0.05) is 12.2 Å². The van der Waals surface area contributed by atoms with E-state index in [-0.39, 0.29) is 0 Å². The minimum Gasteiger partial charge on any atom is -0.319 e. The quantitative estimate of drug-likeness (QED) is 0.675. The Morgan fingerprint density at radius 1 is 1.42 bits per heavy atom. The van der Waals surface area contributed by atoms with Gasteiger partial charge in [0.05, 0.1) is 0 Å². The Morgan fingerprint density at radius 2 is 2.17 bits per heavy atom. The van der Waals surface area contributed by atoms with E-state index in [4.69, 9.17) is 0 Å². The van der Waals surface area contributed by atoms with Crippen LogP contribution in [0.4, 0.5) is 0 Å². The molecule has 1 heterocycles. The molecule has 0 spiro atoms. The normalized spacial score (nSPS) is 10.8. The number of hydrogen-bond donors (Lipinski definition) is 1. The highest BCUT2D eigenvalue weighted by Gasteiger charge is 1.83. The van der Waals surface area contributed by atoms with Crippen molar-refractivity contribution >= 4 is 6.08 Å². The van der Waals surface area contributed by atoms with E-state index >= 15 is 0 Å². The predicted molar refractivity (Wildman–Crippen MR) is 49.6 cm³/mol. The first-order valence-corrected chi connectivity index (χ1v) is 3.99. The van der Waals surface area contributed by atoms with E-state index in [9.17, 15) is 0 Å². The van der Waals surface area contributed by atoms with E-state index in [1.807, 2.05) is 13.1 Å². The van der Waals surface area contributed by atoms with Crippen molar-refractivity contribution in [1.29, 1.82) is 0 Å². The van der Waals surface area contributed by atoms with Crippen molar-refractivity contribution in [2.75, 3.05) is 13.6 Å². The van der Waals surface area contributed by atoms with Crippen LogP contribution < -0.4 is 5.32 Å². The molecule has 0 unspecified atom stereocenters. The standard InChI is InChI=1S/C9H13N3/c1-10-5-3-2-4-9-6-11-8-12-7-9/h2,4,6-8,10H,3,5H2,1H3/b4-2+. The fraction of sp³-hybridized carbons (Fsp3) is 0.333. The van der Waals surface area contributed by atoms with Gasteiger partial charge in [0.2, 0.25) is 0 Å². The van der Waals surface area contributed by atoms with Crippen LogP contribution in [0.15, 0.2) is 24.8 Å². The van der Waals surface area contributed by atoms with Crippen LogP contribution in [-0.4, -0.2) is 23.6 Å². The SMILES string of the molecule is CNCC/C=C/c1cncnc1. The number of aromatic nitrogens is 2. The summed E-state index contributed by atoms with van der Waals surface area (Å²) >= 11 is 0. The summed E-state index contributed by atoms with van der Waals surface area (Å²) in [5, 5.41) is 3.07. The second kappa shape index (κ2) is 5.43. The Balaban J connectivity index is 2.36. The van der Waals surface area contributed by atoms with Crippen LogP contribution in [0.5, 0.6) is 0 Å². The molecule has 0 aliphatic rings. The molecule has 0 radical (unpaired) electrons. The zero-order chi connectivity index (χ0) is 8.65. The average Bonchev–Trinajstić information content (AvgIpc) is 2.14. The third-order valence-electron chi connectivity index (χ3n) is 1.45. The molecule has 0 saturated heterocycles. The van der Waals surface area contributed by atoms with Gasteiger partial charge in [-0.2, -0.15) is 0 Å². The number of nitrogens with zero attached hydrogens (tertiary/aromatic N) is 2. The molecular formula is C9H13N3. The fourth-order valence-corrected chi connectivity index (χ4v) is 0.844. The zero-order valence-corrected chi connectivity index (χ0v) is 7.20. The average molecular weight is 163 g/mol. The smallest absolute Gasteiger partial charge is 0.115 e. The van der Waals surface area contributed by atoms with E-state index in [0.717, 1.165) is 18.5 Å². The lowest BCUT2D eigenvalue weighted by molar-refractivity contribution is 0.809. The van der Waals surface area contributed by atoms with Gasteiger partial charge < -0.3 is 5.32 Å². The third kappa shape index (κ3) is 3.25. The van der Waals surface area contributed by atoms with Crippen molar-refractivity contribution in [3.05, 3.63) is 30.4 Å². The van der Waals surface area contributed by atoms with Gasteiger partial charge in [0.15, 0.2) is 0 Å². The summed E-state index contributed by atoms with van der Waals surface area (Å²) < 4.78 is 0. The van der Waals surface area contributed by atoms with Crippen LogP contribution in [0.1, 0.15) is 12.0 Å². The molecule has 1 aromatic heterocycles. The minimum atomic E-state index is 1.00. The summed E-state index contributed by atoms with van der Waals surface area (Å²) in [4.78, 5) is 7.81. The van der Waals surface area contributed by atoms with Crippen LogP contribution in [0, 0.1) is 0 Å². The highest BCUT2D eigenvalue weighted by molar-refractivity contribution is 5.45. The van der Waals surface area contributed by atoms with Gasteiger partial charge in [-0.3, -0.25) is 0 Å². The Morgan fingerprint density at radius 3 is 2.83 bits per heavy atom. The van der Waals surface area contributed by atoms with Crippen LogP contribution in [-0.2, 0) is 0 Å². The Labute approximate surface area is 72.6 Å². The van der Waals surface area contributed by atoms with Gasteiger partial charge in [-0.05, 0) is 20.0 Å². The summed E-state index contributed by atoms with van der Waals surface area (Å²) in [5.41, 5.74) is 1.05. The molecule has 0 bridgehead atoms. The maximum absolute atomic E-state index is 3.91. The molecule has 0 saturated carbocycles. The molecule has 0 aliphatic carbocycles. The van der Waals surface area contributed by atoms with Crippen LogP contribution in [0.25, 0.3) is 6.08 Å². The minimum absolute atomic E-state index is 1.00. The highest BCUT2D eigenvalue weighted by atomic mass is 14.8. The van der Waals surface area contributed by atoms with Gasteiger partial charge in [-0.25, -0.2) is 9.97 Å². The molecule has 1 rings (SSSR count). The Hall–Kier alpha value is -1.22. The maximum atomic E-state index is 3.91. The van der Waals surface area contributed by atoms with Crippen molar-refractivity contribution in [3.63, 3.8) is 0 Å². The largest absolute Gasteiger partial charge is 0.319 e. The number of nitrogens with one attached hydrogen (secondary N) is 1. The van der Waals surface area contributed by atoms with Gasteiger partial charge in [0, 0.05) is 18.0 Å². The van der Waals surface area contributed by atoms with Crippen molar-refractivity contribution < 1.29 is 0 Å². The molecule has 3 heteroatoms. The van der Waals surface area contributed by atoms with E-state index in [0.29, 0.717) is 0 Å². The van der Waals surface area contributed by atoms with E-state index in [1.54, 1.807) is 12.4 Å². The van der Waals surface area contributed by atoms with Gasteiger partial charge in [0.1, 0.15) is 6.33 Å². The predicted octanol–water partition coefficient (Wildman–Crippen LogP) is 1.10. The lowest BCUT2D eigenvalue weighted by atomic mass is 10.3. The molecule has 12 heavy (non-hydrogen) atoms. The molecule has 0 amide bonds. The third-order valence-corrected chi connectivity index (χ3v) is 1.45. The summed E-state index contributed by atoms with van der Waals surface area (Å²) in [6, 6.07) is 0. The van der Waals surface area contributed by atoms with E-state index < -0.39 is 0 Å². The Bertz CT molecular complexity index is 231. The summed E-state index contributed by atoms with van der Waals surface area (Å²) in [6.45, 7) is 1.00.